The summed E-state index contributed by atoms with van der Waals surface area (Å²) in [6.45, 7) is 1.51. The van der Waals surface area contributed by atoms with Gasteiger partial charge in [-0.05, 0) is 0 Å². The second-order valence-corrected chi connectivity index (χ2v) is 2.96. The number of rotatable bonds is 3. The topological polar surface area (TPSA) is 57.5 Å². The highest BCUT2D eigenvalue weighted by Gasteiger charge is 2.24. The van der Waals surface area contributed by atoms with Crippen LogP contribution in [-0.4, -0.2) is 47.5 Å². The van der Waals surface area contributed by atoms with Crippen molar-refractivity contribution in [3.8, 4) is 0 Å². The number of aliphatic hydroxyl groups excluding tert-OH is 1. The molecule has 4 nitrogen and oxygen atoms in total. The summed E-state index contributed by atoms with van der Waals surface area (Å²) in [5.74, 6) is -0.897. The molecule has 1 unspecified atom stereocenters. The lowest BCUT2D eigenvalue weighted by molar-refractivity contribution is -0.927. The molecule has 0 aromatic heterocycles. The minimum Gasteiger partial charge on any atom is -0.477 e. The lowest BCUT2D eigenvalue weighted by Gasteiger charge is -2.30. The molecule has 0 heterocycles. The largest absolute Gasteiger partial charge is 0.477 e. The quantitative estimate of drug-likeness (QED) is 0.418. The smallest absolute Gasteiger partial charge is 0.359 e. The fourth-order valence-electron chi connectivity index (χ4n) is 0.481. The van der Waals surface area contributed by atoms with Gasteiger partial charge in [0.25, 0.3) is 0 Å². The first-order valence-electron chi connectivity index (χ1n) is 3.09. The number of quaternary nitrogens is 1. The highest BCUT2D eigenvalue weighted by atomic mass is 16.4. The Morgan fingerprint density at radius 2 is 2.00 bits per heavy atom. The summed E-state index contributed by atoms with van der Waals surface area (Å²) in [4.78, 5) is 10.2. The zero-order chi connectivity index (χ0) is 8.36. The van der Waals surface area contributed by atoms with Gasteiger partial charge in [-0.3, -0.25) is 4.48 Å². The second kappa shape index (κ2) is 2.98. The Balaban J connectivity index is 3.99. The first-order chi connectivity index (χ1) is 4.36. The Labute approximate surface area is 60.3 Å². The molecule has 0 aliphatic carbocycles. The fourth-order valence-corrected chi connectivity index (χ4v) is 0.481. The molecule has 0 amide bonds. The minimum atomic E-state index is -0.897. The van der Waals surface area contributed by atoms with Crippen LogP contribution in [0, 0.1) is 0 Å². The van der Waals surface area contributed by atoms with Crippen molar-refractivity contribution in [3.63, 3.8) is 0 Å². The maximum Gasteiger partial charge on any atom is 0.359 e. The van der Waals surface area contributed by atoms with Crippen molar-refractivity contribution in [3.05, 3.63) is 0 Å². The van der Waals surface area contributed by atoms with Crippen LogP contribution in [0.2, 0.25) is 0 Å². The molecule has 0 saturated heterocycles. The molecule has 2 N–H and O–H groups in total. The molecular formula is C6H14NO3+. The van der Waals surface area contributed by atoms with E-state index in [2.05, 4.69) is 0 Å². The molecule has 0 aromatic rings. The number of carboxylic acids is 1. The molecular weight excluding hydrogens is 134 g/mol. The lowest BCUT2D eigenvalue weighted by Crippen LogP contribution is -2.50. The number of aliphatic carboxylic acids is 1. The van der Waals surface area contributed by atoms with E-state index in [4.69, 9.17) is 10.2 Å². The van der Waals surface area contributed by atoms with Gasteiger partial charge in [0.1, 0.15) is 0 Å². The van der Waals surface area contributed by atoms with Crippen molar-refractivity contribution in [1.29, 1.82) is 0 Å². The molecule has 0 saturated carbocycles. The molecule has 1 atom stereocenters. The van der Waals surface area contributed by atoms with Crippen LogP contribution >= 0.6 is 0 Å². The Kier molecular flexibility index (Phi) is 2.80. The maximum atomic E-state index is 10.2. The predicted octanol–water partition coefficient (Wildman–Crippen LogP) is -0.514. The average Bonchev–Trinajstić information content (AvgIpc) is 1.60. The Morgan fingerprint density at radius 3 is 2.10 bits per heavy atom. The minimum absolute atomic E-state index is 0.0579. The van der Waals surface area contributed by atoms with Crippen LogP contribution in [0.1, 0.15) is 6.92 Å². The van der Waals surface area contributed by atoms with E-state index in [1.165, 1.54) is 0 Å². The second-order valence-electron chi connectivity index (χ2n) is 2.96. The van der Waals surface area contributed by atoms with Gasteiger partial charge in [0.15, 0.2) is 12.8 Å². The monoisotopic (exact) mass is 148 g/mol. The highest BCUT2D eigenvalue weighted by Crippen LogP contribution is 2.01. The first-order valence-corrected chi connectivity index (χ1v) is 3.09. The summed E-state index contributed by atoms with van der Waals surface area (Å²) in [6, 6.07) is 0. The van der Waals surface area contributed by atoms with Gasteiger partial charge >= 0.3 is 5.97 Å². The SMILES string of the molecule is CC(O)[N+](C)(C)CC(=O)O. The number of hydrogen-bond acceptors (Lipinski definition) is 2. The molecule has 0 rings (SSSR count). The van der Waals surface area contributed by atoms with Gasteiger partial charge < -0.3 is 10.2 Å². The number of likely N-dealkylation sites (N-methyl/N-ethyl adjacent to an activating group) is 1. The van der Waals surface area contributed by atoms with Crippen molar-refractivity contribution >= 4 is 5.97 Å². The van der Waals surface area contributed by atoms with Crippen molar-refractivity contribution in [1.82, 2.24) is 0 Å². The van der Waals surface area contributed by atoms with Crippen LogP contribution < -0.4 is 0 Å². The lowest BCUT2D eigenvalue weighted by atomic mass is 10.4. The zero-order valence-corrected chi connectivity index (χ0v) is 6.53. The molecule has 0 fully saturated rings. The molecule has 0 bridgehead atoms. The van der Waals surface area contributed by atoms with Crippen molar-refractivity contribution in [2.45, 2.75) is 13.2 Å². The molecule has 0 radical (unpaired) electrons. The van der Waals surface area contributed by atoms with E-state index in [1.807, 2.05) is 0 Å². The van der Waals surface area contributed by atoms with E-state index in [0.717, 1.165) is 0 Å². The van der Waals surface area contributed by atoms with E-state index in [9.17, 15) is 4.79 Å². The third-order valence-electron chi connectivity index (χ3n) is 1.55. The normalized spacial score (nSPS) is 14.8. The van der Waals surface area contributed by atoms with E-state index >= 15 is 0 Å². The Morgan fingerprint density at radius 1 is 1.60 bits per heavy atom. The molecule has 10 heavy (non-hydrogen) atoms. The summed E-state index contributed by atoms with van der Waals surface area (Å²) < 4.78 is 0.0926. The van der Waals surface area contributed by atoms with Gasteiger partial charge in [-0.1, -0.05) is 0 Å². The van der Waals surface area contributed by atoms with Gasteiger partial charge in [0, 0.05) is 6.92 Å². The highest BCUT2D eigenvalue weighted by molar-refractivity contribution is 5.67. The molecule has 0 spiro atoms. The Hall–Kier alpha value is -0.610. The van der Waals surface area contributed by atoms with Crippen LogP contribution in [0.3, 0.4) is 0 Å². The van der Waals surface area contributed by atoms with Crippen molar-refractivity contribution in [2.75, 3.05) is 20.6 Å². The van der Waals surface area contributed by atoms with Crippen molar-refractivity contribution in [2.24, 2.45) is 0 Å². The Bertz CT molecular complexity index is 131. The molecule has 4 heteroatoms. The van der Waals surface area contributed by atoms with Crippen LogP contribution in [0.15, 0.2) is 0 Å². The van der Waals surface area contributed by atoms with Gasteiger partial charge in [0.2, 0.25) is 0 Å². The van der Waals surface area contributed by atoms with E-state index in [0.29, 0.717) is 0 Å². The maximum absolute atomic E-state index is 10.2. The number of carbonyl (C=O) groups is 1. The average molecular weight is 148 g/mol. The van der Waals surface area contributed by atoms with Gasteiger partial charge in [0.05, 0.1) is 14.1 Å². The summed E-state index contributed by atoms with van der Waals surface area (Å²) in [5, 5.41) is 17.4. The molecule has 0 aromatic carbocycles. The van der Waals surface area contributed by atoms with E-state index in [-0.39, 0.29) is 11.0 Å². The summed E-state index contributed by atoms with van der Waals surface area (Å²) in [5.41, 5.74) is 0. The van der Waals surface area contributed by atoms with Gasteiger partial charge in [-0.25, -0.2) is 4.79 Å². The molecule has 0 aliphatic rings. The summed E-state index contributed by atoms with van der Waals surface area (Å²) in [6.07, 6.45) is -0.643. The number of carboxylic acid groups (broad SMARTS) is 1. The summed E-state index contributed by atoms with van der Waals surface area (Å²) >= 11 is 0. The first kappa shape index (κ1) is 9.39. The third kappa shape index (κ3) is 2.80. The van der Waals surface area contributed by atoms with Crippen LogP contribution in [0.4, 0.5) is 0 Å². The van der Waals surface area contributed by atoms with Crippen molar-refractivity contribution < 1.29 is 19.5 Å². The molecule has 60 valence electrons. The van der Waals surface area contributed by atoms with Crippen LogP contribution in [0.5, 0.6) is 0 Å². The number of aliphatic hydroxyl groups is 1. The predicted molar refractivity (Wildman–Crippen MR) is 36.3 cm³/mol. The number of hydrogen-bond donors (Lipinski definition) is 2. The number of nitrogens with zero attached hydrogens (tertiary/aromatic N) is 1. The van der Waals surface area contributed by atoms with Gasteiger partial charge in [-0.15, -0.1) is 0 Å². The standard InChI is InChI=1S/C6H13NO3/c1-5(8)7(2,3)4-6(9)10/h5,8H,4H2,1-3H3/p+1. The van der Waals surface area contributed by atoms with E-state index < -0.39 is 12.2 Å². The van der Waals surface area contributed by atoms with Crippen LogP contribution in [0.25, 0.3) is 0 Å². The molecule has 0 aliphatic heterocycles. The fraction of sp³-hybridized carbons (Fsp3) is 0.833. The van der Waals surface area contributed by atoms with Crippen LogP contribution in [-0.2, 0) is 4.79 Å². The van der Waals surface area contributed by atoms with Gasteiger partial charge in [-0.2, -0.15) is 0 Å². The summed E-state index contributed by atoms with van der Waals surface area (Å²) in [7, 11) is 3.33. The zero-order valence-electron chi connectivity index (χ0n) is 6.53. The van der Waals surface area contributed by atoms with E-state index in [1.54, 1.807) is 21.0 Å². The third-order valence-corrected chi connectivity index (χ3v) is 1.55.